The summed E-state index contributed by atoms with van der Waals surface area (Å²) >= 11 is 3.41. The fourth-order valence-electron chi connectivity index (χ4n) is 3.73. The van der Waals surface area contributed by atoms with Crippen LogP contribution in [0.5, 0.6) is 0 Å². The van der Waals surface area contributed by atoms with Gasteiger partial charge in [-0.2, -0.15) is 0 Å². The van der Waals surface area contributed by atoms with Gasteiger partial charge in [0.05, 0.1) is 5.92 Å². The number of carbonyl (C=O) groups is 2. The second-order valence-corrected chi connectivity index (χ2v) is 9.02. The monoisotopic (exact) mass is 535 g/mol. The molecule has 8 heteroatoms. The van der Waals surface area contributed by atoms with Crippen LogP contribution in [0.4, 0.5) is 0 Å². The third-order valence-corrected chi connectivity index (χ3v) is 6.01. The average Bonchev–Trinajstić information content (AvgIpc) is 2.86. The molecule has 0 saturated carbocycles. The van der Waals surface area contributed by atoms with E-state index < -0.39 is 12.0 Å². The molecule has 1 atom stereocenters. The molecule has 2 amide bonds. The first-order valence-electron chi connectivity index (χ1n) is 11.4. The molecule has 0 radical (unpaired) electrons. The zero-order valence-corrected chi connectivity index (χ0v) is 20.9. The van der Waals surface area contributed by atoms with Gasteiger partial charge in [0, 0.05) is 17.6 Å². The topological polar surface area (TPSA) is 123 Å². The van der Waals surface area contributed by atoms with E-state index in [9.17, 15) is 9.59 Å². The molecular formula is C27H30BrN5O2. The number of halogens is 1. The maximum atomic E-state index is 13.5. The predicted octanol–water partition coefficient (Wildman–Crippen LogP) is 3.44. The highest BCUT2D eigenvalue weighted by atomic mass is 79.9. The summed E-state index contributed by atoms with van der Waals surface area (Å²) < 4.78 is 0.963. The number of nitrogens with two attached hydrogens (primary N) is 2. The van der Waals surface area contributed by atoms with Crippen molar-refractivity contribution in [2.45, 2.75) is 31.3 Å². The molecule has 182 valence electrons. The highest BCUT2D eigenvalue weighted by molar-refractivity contribution is 9.10. The Morgan fingerprint density at radius 1 is 0.829 bits per heavy atom. The van der Waals surface area contributed by atoms with Crippen molar-refractivity contribution in [3.8, 4) is 0 Å². The molecule has 0 spiro atoms. The molecule has 0 aliphatic carbocycles. The minimum Gasteiger partial charge on any atom is -0.370 e. The van der Waals surface area contributed by atoms with Gasteiger partial charge in [-0.3, -0.25) is 14.6 Å². The molecule has 0 heterocycles. The number of aliphatic imine (C=N–C) groups is 1. The second-order valence-electron chi connectivity index (χ2n) is 8.11. The van der Waals surface area contributed by atoms with Crippen LogP contribution in [0.15, 0.2) is 94.4 Å². The van der Waals surface area contributed by atoms with Gasteiger partial charge in [0.1, 0.15) is 6.04 Å². The first-order chi connectivity index (χ1) is 16.9. The molecule has 35 heavy (non-hydrogen) atoms. The summed E-state index contributed by atoms with van der Waals surface area (Å²) in [5.74, 6) is -1.05. The van der Waals surface area contributed by atoms with Gasteiger partial charge in [-0.05, 0) is 41.7 Å². The van der Waals surface area contributed by atoms with Gasteiger partial charge in [-0.25, -0.2) is 0 Å². The lowest BCUT2D eigenvalue weighted by atomic mass is 9.90. The van der Waals surface area contributed by atoms with Gasteiger partial charge < -0.3 is 22.1 Å². The van der Waals surface area contributed by atoms with Crippen molar-refractivity contribution < 1.29 is 9.59 Å². The Kier molecular flexibility index (Phi) is 9.86. The highest BCUT2D eigenvalue weighted by Gasteiger charge is 2.27. The number of hydrogen-bond acceptors (Lipinski definition) is 3. The van der Waals surface area contributed by atoms with E-state index in [2.05, 4.69) is 31.6 Å². The Labute approximate surface area is 214 Å². The lowest BCUT2D eigenvalue weighted by Crippen LogP contribution is -2.48. The molecule has 0 bridgehead atoms. The van der Waals surface area contributed by atoms with Gasteiger partial charge in [0.25, 0.3) is 0 Å². The van der Waals surface area contributed by atoms with E-state index in [0.29, 0.717) is 25.9 Å². The molecule has 6 N–H and O–H groups in total. The molecule has 0 aliphatic heterocycles. The molecule has 3 rings (SSSR count). The smallest absolute Gasteiger partial charge is 0.242 e. The molecule has 0 unspecified atom stereocenters. The van der Waals surface area contributed by atoms with Crippen LogP contribution in [-0.2, 0) is 16.1 Å². The first kappa shape index (κ1) is 26.0. The van der Waals surface area contributed by atoms with Crippen molar-refractivity contribution in [1.82, 2.24) is 10.6 Å². The van der Waals surface area contributed by atoms with E-state index in [1.165, 1.54) is 0 Å². The molecular weight excluding hydrogens is 506 g/mol. The minimum atomic E-state index is -0.734. The summed E-state index contributed by atoms with van der Waals surface area (Å²) in [4.78, 5) is 30.7. The van der Waals surface area contributed by atoms with Crippen molar-refractivity contribution in [2.75, 3.05) is 6.54 Å². The standard InChI is InChI=1S/C27H30BrN5O2/c28-22-15-13-19(14-16-22)18-32-25(34)23(12-7-17-31-27(29)30)33-26(35)24(20-8-3-1-4-9-20)21-10-5-2-6-11-21/h1-6,8-11,13-16,23-24H,7,12,17-18H2,(H,32,34)(H,33,35)(H4,29,30,31)/t23-/m1/s1. The third-order valence-electron chi connectivity index (χ3n) is 5.49. The average molecular weight is 536 g/mol. The Hall–Kier alpha value is -3.65. The van der Waals surface area contributed by atoms with Crippen LogP contribution < -0.4 is 22.1 Å². The van der Waals surface area contributed by atoms with Gasteiger partial charge in [-0.1, -0.05) is 88.7 Å². The summed E-state index contributed by atoms with van der Waals surface area (Å²) in [5.41, 5.74) is 13.5. The number of rotatable bonds is 11. The van der Waals surface area contributed by atoms with Crippen LogP contribution in [0.1, 0.15) is 35.4 Å². The number of carbonyl (C=O) groups excluding carboxylic acids is 2. The van der Waals surface area contributed by atoms with Crippen molar-refractivity contribution >= 4 is 33.7 Å². The van der Waals surface area contributed by atoms with E-state index in [4.69, 9.17) is 11.5 Å². The molecule has 0 saturated heterocycles. The summed E-state index contributed by atoms with van der Waals surface area (Å²) in [6, 6.07) is 26.0. The Balaban J connectivity index is 1.76. The Morgan fingerprint density at radius 2 is 1.40 bits per heavy atom. The fraction of sp³-hybridized carbons (Fsp3) is 0.222. The van der Waals surface area contributed by atoms with Crippen LogP contribution >= 0.6 is 15.9 Å². The zero-order valence-electron chi connectivity index (χ0n) is 19.4. The van der Waals surface area contributed by atoms with Crippen LogP contribution in [0.2, 0.25) is 0 Å². The van der Waals surface area contributed by atoms with E-state index in [-0.39, 0.29) is 17.8 Å². The van der Waals surface area contributed by atoms with Crippen LogP contribution in [-0.4, -0.2) is 30.4 Å². The zero-order chi connectivity index (χ0) is 25.0. The van der Waals surface area contributed by atoms with Gasteiger partial charge >= 0.3 is 0 Å². The SMILES string of the molecule is NC(N)=NCCC[C@@H](NC(=O)C(c1ccccc1)c1ccccc1)C(=O)NCc1ccc(Br)cc1. The number of nitrogens with one attached hydrogen (secondary N) is 2. The van der Waals surface area contributed by atoms with Crippen LogP contribution in [0.3, 0.4) is 0 Å². The quantitative estimate of drug-likeness (QED) is 0.170. The molecule has 0 fully saturated rings. The summed E-state index contributed by atoms with van der Waals surface area (Å²) in [6.45, 7) is 0.725. The fourth-order valence-corrected chi connectivity index (χ4v) is 3.99. The number of benzene rings is 3. The molecule has 0 aliphatic rings. The number of nitrogens with zero attached hydrogens (tertiary/aromatic N) is 1. The van der Waals surface area contributed by atoms with Crippen molar-refractivity contribution in [1.29, 1.82) is 0 Å². The maximum Gasteiger partial charge on any atom is 0.242 e. The first-order valence-corrected chi connectivity index (χ1v) is 12.2. The lowest BCUT2D eigenvalue weighted by molar-refractivity contribution is -0.129. The lowest BCUT2D eigenvalue weighted by Gasteiger charge is -2.23. The Bertz CT molecular complexity index is 1080. The summed E-state index contributed by atoms with van der Waals surface area (Å²) in [6.07, 6.45) is 0.931. The molecule has 3 aromatic carbocycles. The summed E-state index contributed by atoms with van der Waals surface area (Å²) in [5, 5.41) is 5.92. The van der Waals surface area contributed by atoms with Gasteiger partial charge in [0.15, 0.2) is 5.96 Å². The predicted molar refractivity (Wildman–Crippen MR) is 143 cm³/mol. The van der Waals surface area contributed by atoms with Crippen molar-refractivity contribution in [3.63, 3.8) is 0 Å². The minimum absolute atomic E-state index is 0.00139. The van der Waals surface area contributed by atoms with Gasteiger partial charge in [0.2, 0.25) is 11.8 Å². The third kappa shape index (κ3) is 8.26. The number of amides is 2. The normalized spacial score (nSPS) is 11.5. The molecule has 3 aromatic rings. The van der Waals surface area contributed by atoms with E-state index in [0.717, 1.165) is 21.2 Å². The highest BCUT2D eigenvalue weighted by Crippen LogP contribution is 2.25. The van der Waals surface area contributed by atoms with Crippen molar-refractivity contribution in [2.24, 2.45) is 16.5 Å². The van der Waals surface area contributed by atoms with E-state index in [1.807, 2.05) is 84.9 Å². The van der Waals surface area contributed by atoms with Gasteiger partial charge in [-0.15, -0.1) is 0 Å². The Morgan fingerprint density at radius 3 is 1.94 bits per heavy atom. The van der Waals surface area contributed by atoms with Crippen LogP contribution in [0.25, 0.3) is 0 Å². The maximum absolute atomic E-state index is 13.5. The number of guanidine groups is 1. The largest absolute Gasteiger partial charge is 0.370 e. The molecule has 7 nitrogen and oxygen atoms in total. The number of hydrogen-bond donors (Lipinski definition) is 4. The van der Waals surface area contributed by atoms with Crippen LogP contribution in [0, 0.1) is 0 Å². The van der Waals surface area contributed by atoms with E-state index >= 15 is 0 Å². The van der Waals surface area contributed by atoms with E-state index in [1.54, 1.807) is 0 Å². The summed E-state index contributed by atoms with van der Waals surface area (Å²) in [7, 11) is 0. The van der Waals surface area contributed by atoms with Crippen molar-refractivity contribution in [3.05, 3.63) is 106 Å². The second kappa shape index (κ2) is 13.3. The molecule has 0 aromatic heterocycles.